The summed E-state index contributed by atoms with van der Waals surface area (Å²) in [5.74, 6) is 0.856. The molecule has 88 valence electrons. The van der Waals surface area contributed by atoms with Gasteiger partial charge in [-0.2, -0.15) is 0 Å². The van der Waals surface area contributed by atoms with Crippen molar-refractivity contribution in [1.82, 2.24) is 4.90 Å². The molecule has 0 spiro atoms. The fourth-order valence-electron chi connectivity index (χ4n) is 2.10. The van der Waals surface area contributed by atoms with Gasteiger partial charge in [-0.05, 0) is 32.6 Å². The van der Waals surface area contributed by atoms with Crippen molar-refractivity contribution in [3.8, 4) is 0 Å². The first-order chi connectivity index (χ1) is 6.85. The number of hydrogen-bond acceptors (Lipinski definition) is 2. The second-order valence-electron chi connectivity index (χ2n) is 5.53. The number of nitrogens with zero attached hydrogens (tertiary/aromatic N) is 1. The minimum Gasteiger partial charge on any atom is -0.336 e. The van der Waals surface area contributed by atoms with Crippen LogP contribution in [-0.2, 0) is 4.79 Å². The van der Waals surface area contributed by atoms with Gasteiger partial charge in [0.1, 0.15) is 0 Å². The summed E-state index contributed by atoms with van der Waals surface area (Å²) in [6, 6.07) is 0.125. The van der Waals surface area contributed by atoms with Gasteiger partial charge in [-0.3, -0.25) is 4.79 Å². The summed E-state index contributed by atoms with van der Waals surface area (Å²) in [5, 5.41) is 0. The number of rotatable bonds is 3. The Bertz CT molecular complexity index is 236. The number of carbonyl (C=O) groups excluding carboxylic acids is 1. The standard InChI is InChI=1S/C12H24N2O/c1-9(2)5-6-11(15)14-8-7-10(13)12(14,3)4/h9-10H,5-8,13H2,1-4H3. The minimum atomic E-state index is -0.159. The van der Waals surface area contributed by atoms with Crippen molar-refractivity contribution >= 4 is 5.91 Å². The van der Waals surface area contributed by atoms with Gasteiger partial charge in [-0.25, -0.2) is 0 Å². The average molecular weight is 212 g/mol. The molecule has 15 heavy (non-hydrogen) atoms. The molecule has 0 radical (unpaired) electrons. The van der Waals surface area contributed by atoms with E-state index in [1.165, 1.54) is 0 Å². The summed E-state index contributed by atoms with van der Waals surface area (Å²) < 4.78 is 0. The molecule has 2 N–H and O–H groups in total. The Hall–Kier alpha value is -0.570. The van der Waals surface area contributed by atoms with E-state index in [-0.39, 0.29) is 17.5 Å². The molecule has 0 aromatic carbocycles. The third-order valence-corrected chi connectivity index (χ3v) is 3.50. The molecule has 1 rings (SSSR count). The molecular weight excluding hydrogens is 188 g/mol. The van der Waals surface area contributed by atoms with E-state index in [9.17, 15) is 4.79 Å². The van der Waals surface area contributed by atoms with Crippen LogP contribution < -0.4 is 5.73 Å². The molecule has 1 heterocycles. The van der Waals surface area contributed by atoms with E-state index in [4.69, 9.17) is 5.73 Å². The van der Waals surface area contributed by atoms with Gasteiger partial charge in [0.2, 0.25) is 5.91 Å². The van der Waals surface area contributed by atoms with Gasteiger partial charge in [0.25, 0.3) is 0 Å². The van der Waals surface area contributed by atoms with Crippen molar-refractivity contribution in [2.45, 2.75) is 58.5 Å². The Balaban J connectivity index is 2.54. The molecule has 1 saturated heterocycles. The lowest BCUT2D eigenvalue weighted by Crippen LogP contribution is -2.51. The molecule has 1 fully saturated rings. The van der Waals surface area contributed by atoms with Crippen molar-refractivity contribution in [2.24, 2.45) is 11.7 Å². The molecular formula is C12H24N2O. The zero-order chi connectivity index (χ0) is 11.6. The number of nitrogens with two attached hydrogens (primary N) is 1. The lowest BCUT2D eigenvalue weighted by Gasteiger charge is -2.34. The zero-order valence-corrected chi connectivity index (χ0v) is 10.4. The van der Waals surface area contributed by atoms with Gasteiger partial charge < -0.3 is 10.6 Å². The van der Waals surface area contributed by atoms with Crippen molar-refractivity contribution in [3.05, 3.63) is 0 Å². The maximum atomic E-state index is 12.0. The van der Waals surface area contributed by atoms with E-state index in [1.807, 2.05) is 4.90 Å². The fourth-order valence-corrected chi connectivity index (χ4v) is 2.10. The normalized spacial score (nSPS) is 24.9. The Kier molecular flexibility index (Phi) is 3.77. The molecule has 1 atom stereocenters. The number of carbonyl (C=O) groups is 1. The van der Waals surface area contributed by atoms with Crippen LogP contribution in [0.15, 0.2) is 0 Å². The summed E-state index contributed by atoms with van der Waals surface area (Å²) in [6.07, 6.45) is 2.56. The first-order valence-electron chi connectivity index (χ1n) is 5.91. The molecule has 1 unspecified atom stereocenters. The maximum Gasteiger partial charge on any atom is 0.223 e. The van der Waals surface area contributed by atoms with Crippen LogP contribution in [0.3, 0.4) is 0 Å². The molecule has 1 aliphatic heterocycles. The molecule has 0 aromatic heterocycles. The van der Waals surface area contributed by atoms with Crippen molar-refractivity contribution in [3.63, 3.8) is 0 Å². The van der Waals surface area contributed by atoms with Gasteiger partial charge >= 0.3 is 0 Å². The topological polar surface area (TPSA) is 46.3 Å². The number of likely N-dealkylation sites (tertiary alicyclic amines) is 1. The monoisotopic (exact) mass is 212 g/mol. The van der Waals surface area contributed by atoms with Crippen LogP contribution in [0, 0.1) is 5.92 Å². The van der Waals surface area contributed by atoms with Gasteiger partial charge in [0, 0.05) is 19.0 Å². The third-order valence-electron chi connectivity index (χ3n) is 3.50. The van der Waals surface area contributed by atoms with Crippen molar-refractivity contribution in [1.29, 1.82) is 0 Å². The van der Waals surface area contributed by atoms with Crippen LogP contribution in [0.1, 0.15) is 47.0 Å². The predicted octanol–water partition coefficient (Wildman–Crippen LogP) is 1.76. The summed E-state index contributed by atoms with van der Waals surface area (Å²) in [7, 11) is 0. The average Bonchev–Trinajstić information content (AvgIpc) is 2.38. The molecule has 0 bridgehead atoms. The second kappa shape index (κ2) is 4.52. The van der Waals surface area contributed by atoms with Crippen LogP contribution >= 0.6 is 0 Å². The quantitative estimate of drug-likeness (QED) is 0.775. The lowest BCUT2D eigenvalue weighted by molar-refractivity contribution is -0.134. The van der Waals surface area contributed by atoms with Gasteiger partial charge in [-0.1, -0.05) is 13.8 Å². The highest BCUT2D eigenvalue weighted by Crippen LogP contribution is 2.28. The molecule has 1 aliphatic rings. The number of hydrogen-bond donors (Lipinski definition) is 1. The fraction of sp³-hybridized carbons (Fsp3) is 0.917. The Morgan fingerprint density at radius 2 is 2.13 bits per heavy atom. The summed E-state index contributed by atoms with van der Waals surface area (Å²) >= 11 is 0. The number of amides is 1. The largest absolute Gasteiger partial charge is 0.336 e. The van der Waals surface area contributed by atoms with Gasteiger partial charge in [0.15, 0.2) is 0 Å². The van der Waals surface area contributed by atoms with Crippen LogP contribution in [0.25, 0.3) is 0 Å². The minimum absolute atomic E-state index is 0.125. The highest BCUT2D eigenvalue weighted by molar-refractivity contribution is 5.77. The third kappa shape index (κ3) is 2.71. The highest BCUT2D eigenvalue weighted by atomic mass is 16.2. The Labute approximate surface area is 93.0 Å². The highest BCUT2D eigenvalue weighted by Gasteiger charge is 2.41. The SMILES string of the molecule is CC(C)CCC(=O)N1CCC(N)C1(C)C. The van der Waals surface area contributed by atoms with Crippen LogP contribution in [0.4, 0.5) is 0 Å². The zero-order valence-electron chi connectivity index (χ0n) is 10.4. The van der Waals surface area contributed by atoms with Crippen molar-refractivity contribution < 1.29 is 4.79 Å². The Morgan fingerprint density at radius 3 is 2.53 bits per heavy atom. The maximum absolute atomic E-state index is 12.0. The van der Waals surface area contributed by atoms with Gasteiger partial charge in [-0.15, -0.1) is 0 Å². The van der Waals surface area contributed by atoms with Crippen LogP contribution in [-0.4, -0.2) is 28.9 Å². The molecule has 3 heteroatoms. The van der Waals surface area contributed by atoms with E-state index < -0.39 is 0 Å². The van der Waals surface area contributed by atoms with Crippen LogP contribution in [0.5, 0.6) is 0 Å². The molecule has 1 amide bonds. The summed E-state index contributed by atoms with van der Waals surface area (Å²) in [6.45, 7) is 9.25. The van der Waals surface area contributed by atoms with Gasteiger partial charge in [0.05, 0.1) is 5.54 Å². The first-order valence-corrected chi connectivity index (χ1v) is 5.91. The molecule has 0 aromatic rings. The molecule has 0 saturated carbocycles. The lowest BCUT2D eigenvalue weighted by atomic mass is 9.96. The molecule has 0 aliphatic carbocycles. The van der Waals surface area contributed by atoms with E-state index in [1.54, 1.807) is 0 Å². The summed E-state index contributed by atoms with van der Waals surface area (Å²) in [5.41, 5.74) is 5.84. The second-order valence-corrected chi connectivity index (χ2v) is 5.53. The van der Waals surface area contributed by atoms with Crippen molar-refractivity contribution in [2.75, 3.05) is 6.54 Å². The predicted molar refractivity (Wildman–Crippen MR) is 62.5 cm³/mol. The molecule has 3 nitrogen and oxygen atoms in total. The van der Waals surface area contributed by atoms with E-state index in [0.717, 1.165) is 19.4 Å². The first kappa shape index (κ1) is 12.5. The van der Waals surface area contributed by atoms with Crippen LogP contribution in [0.2, 0.25) is 0 Å². The summed E-state index contributed by atoms with van der Waals surface area (Å²) in [4.78, 5) is 13.9. The smallest absolute Gasteiger partial charge is 0.223 e. The van der Waals surface area contributed by atoms with E-state index >= 15 is 0 Å². The van der Waals surface area contributed by atoms with E-state index in [2.05, 4.69) is 27.7 Å². The Morgan fingerprint density at radius 1 is 1.53 bits per heavy atom. The van der Waals surface area contributed by atoms with E-state index in [0.29, 0.717) is 12.3 Å².